The predicted octanol–water partition coefficient (Wildman–Crippen LogP) is 1.91. The van der Waals surface area contributed by atoms with Gasteiger partial charge in [-0.25, -0.2) is 0 Å². The molecule has 100 valence electrons. The Hall–Kier alpha value is -0.120. The first-order chi connectivity index (χ1) is 8.21. The first kappa shape index (κ1) is 13.3. The predicted molar refractivity (Wildman–Crippen MR) is 71.0 cm³/mol. The van der Waals surface area contributed by atoms with Gasteiger partial charge < -0.3 is 15.8 Å². The Bertz CT molecular complexity index is 230. The molecular weight excluding hydrogens is 212 g/mol. The van der Waals surface area contributed by atoms with Gasteiger partial charge in [-0.15, -0.1) is 0 Å². The first-order valence-corrected chi connectivity index (χ1v) is 7.25. The Morgan fingerprint density at radius 2 is 2.18 bits per heavy atom. The van der Waals surface area contributed by atoms with Crippen LogP contribution in [0.25, 0.3) is 0 Å². The van der Waals surface area contributed by atoms with Gasteiger partial charge in [0, 0.05) is 25.8 Å². The lowest BCUT2D eigenvalue weighted by Crippen LogP contribution is -2.42. The Morgan fingerprint density at radius 1 is 1.35 bits per heavy atom. The van der Waals surface area contributed by atoms with E-state index in [1.54, 1.807) is 0 Å². The minimum Gasteiger partial charge on any atom is -0.381 e. The molecular formula is C14H28N2O. The molecule has 17 heavy (non-hydrogen) atoms. The second-order valence-corrected chi connectivity index (χ2v) is 6.20. The summed E-state index contributed by atoms with van der Waals surface area (Å²) in [6, 6.07) is 0.390. The van der Waals surface area contributed by atoms with Crippen molar-refractivity contribution < 1.29 is 4.74 Å². The van der Waals surface area contributed by atoms with Crippen LogP contribution >= 0.6 is 0 Å². The van der Waals surface area contributed by atoms with Crippen molar-refractivity contribution in [2.24, 2.45) is 17.1 Å². The molecule has 0 aromatic rings. The molecule has 0 aromatic heterocycles. The van der Waals surface area contributed by atoms with Crippen molar-refractivity contribution in [3.63, 3.8) is 0 Å². The van der Waals surface area contributed by atoms with Crippen LogP contribution in [0.3, 0.4) is 0 Å². The molecule has 0 spiro atoms. The average molecular weight is 240 g/mol. The van der Waals surface area contributed by atoms with Gasteiger partial charge in [0.1, 0.15) is 0 Å². The smallest absolute Gasteiger partial charge is 0.0494 e. The Balaban J connectivity index is 1.45. The van der Waals surface area contributed by atoms with Gasteiger partial charge in [0.05, 0.1) is 0 Å². The molecule has 3 heteroatoms. The van der Waals surface area contributed by atoms with E-state index >= 15 is 0 Å². The van der Waals surface area contributed by atoms with Crippen LogP contribution in [0.4, 0.5) is 0 Å². The van der Waals surface area contributed by atoms with Crippen LogP contribution in [-0.2, 0) is 4.74 Å². The maximum Gasteiger partial charge on any atom is 0.0494 e. The third-order valence-electron chi connectivity index (χ3n) is 4.38. The van der Waals surface area contributed by atoms with Gasteiger partial charge in [0.2, 0.25) is 0 Å². The number of ether oxygens (including phenoxy) is 1. The summed E-state index contributed by atoms with van der Waals surface area (Å²) in [4.78, 5) is 0. The van der Waals surface area contributed by atoms with Gasteiger partial charge in [-0.2, -0.15) is 0 Å². The zero-order valence-corrected chi connectivity index (χ0v) is 11.2. The molecule has 0 saturated heterocycles. The fraction of sp³-hybridized carbons (Fsp3) is 1.00. The van der Waals surface area contributed by atoms with Crippen LogP contribution in [0, 0.1) is 11.3 Å². The molecule has 0 aromatic carbocycles. The summed E-state index contributed by atoms with van der Waals surface area (Å²) in [6.07, 6.45) is 7.66. The molecule has 2 saturated carbocycles. The van der Waals surface area contributed by atoms with E-state index in [-0.39, 0.29) is 0 Å². The molecule has 0 bridgehead atoms. The molecule has 2 fully saturated rings. The second kappa shape index (κ2) is 6.17. The SMILES string of the molecule is CC1(CNCCCOCC2CC2)CCCC1N. The molecule has 3 N–H and O–H groups in total. The third-order valence-corrected chi connectivity index (χ3v) is 4.38. The maximum absolute atomic E-state index is 6.15. The number of hydrogen-bond acceptors (Lipinski definition) is 3. The third kappa shape index (κ3) is 4.23. The molecule has 2 rings (SSSR count). The highest BCUT2D eigenvalue weighted by molar-refractivity contribution is 4.92. The quantitative estimate of drug-likeness (QED) is 0.637. The van der Waals surface area contributed by atoms with E-state index in [2.05, 4.69) is 12.2 Å². The van der Waals surface area contributed by atoms with Crippen molar-refractivity contribution in [2.45, 2.75) is 51.5 Å². The van der Waals surface area contributed by atoms with Gasteiger partial charge in [0.15, 0.2) is 0 Å². The lowest BCUT2D eigenvalue weighted by atomic mass is 9.85. The molecule has 2 aliphatic carbocycles. The van der Waals surface area contributed by atoms with Crippen LogP contribution in [0.1, 0.15) is 45.4 Å². The van der Waals surface area contributed by atoms with E-state index < -0.39 is 0 Å². The molecule has 2 unspecified atom stereocenters. The summed E-state index contributed by atoms with van der Waals surface area (Å²) < 4.78 is 5.61. The highest BCUT2D eigenvalue weighted by Gasteiger charge is 2.35. The molecule has 2 aliphatic rings. The number of hydrogen-bond donors (Lipinski definition) is 2. The van der Waals surface area contributed by atoms with Crippen LogP contribution in [0.5, 0.6) is 0 Å². The van der Waals surface area contributed by atoms with Crippen LogP contribution in [0.2, 0.25) is 0 Å². The average Bonchev–Trinajstić information content (AvgIpc) is 3.06. The Morgan fingerprint density at radius 3 is 2.82 bits per heavy atom. The number of nitrogens with two attached hydrogens (primary N) is 1. The lowest BCUT2D eigenvalue weighted by molar-refractivity contribution is 0.121. The van der Waals surface area contributed by atoms with Gasteiger partial charge in [-0.05, 0) is 50.0 Å². The highest BCUT2D eigenvalue weighted by Crippen LogP contribution is 2.35. The highest BCUT2D eigenvalue weighted by atomic mass is 16.5. The summed E-state index contributed by atoms with van der Waals surface area (Å²) in [5, 5.41) is 3.54. The van der Waals surface area contributed by atoms with Crippen molar-refractivity contribution in [3.05, 3.63) is 0 Å². The normalized spacial score (nSPS) is 33.2. The number of rotatable bonds is 8. The van der Waals surface area contributed by atoms with Crippen molar-refractivity contribution in [1.29, 1.82) is 0 Å². The zero-order valence-electron chi connectivity index (χ0n) is 11.2. The first-order valence-electron chi connectivity index (χ1n) is 7.25. The largest absolute Gasteiger partial charge is 0.381 e. The summed E-state index contributed by atoms with van der Waals surface area (Å²) in [6.45, 7) is 6.35. The van der Waals surface area contributed by atoms with Crippen LogP contribution in [0.15, 0.2) is 0 Å². The lowest BCUT2D eigenvalue weighted by Gasteiger charge is -2.29. The van der Waals surface area contributed by atoms with Crippen LogP contribution < -0.4 is 11.1 Å². The molecule has 0 amide bonds. The summed E-state index contributed by atoms with van der Waals surface area (Å²) >= 11 is 0. The minimum atomic E-state index is 0.328. The molecule has 3 nitrogen and oxygen atoms in total. The Kier molecular flexibility index (Phi) is 4.83. The summed E-state index contributed by atoms with van der Waals surface area (Å²) in [5.74, 6) is 0.887. The summed E-state index contributed by atoms with van der Waals surface area (Å²) in [5.41, 5.74) is 6.48. The number of nitrogens with one attached hydrogen (secondary N) is 1. The van der Waals surface area contributed by atoms with Crippen molar-refractivity contribution in [3.8, 4) is 0 Å². The van der Waals surface area contributed by atoms with Gasteiger partial charge in [-0.3, -0.25) is 0 Å². The zero-order chi connectivity index (χ0) is 12.1. The molecule has 2 atom stereocenters. The van der Waals surface area contributed by atoms with E-state index in [4.69, 9.17) is 10.5 Å². The van der Waals surface area contributed by atoms with E-state index in [0.717, 1.165) is 38.6 Å². The van der Waals surface area contributed by atoms with Crippen molar-refractivity contribution in [1.82, 2.24) is 5.32 Å². The second-order valence-electron chi connectivity index (χ2n) is 6.20. The van der Waals surface area contributed by atoms with Gasteiger partial charge >= 0.3 is 0 Å². The van der Waals surface area contributed by atoms with E-state index in [1.165, 1.54) is 32.1 Å². The van der Waals surface area contributed by atoms with Crippen molar-refractivity contribution in [2.75, 3.05) is 26.3 Å². The fourth-order valence-corrected chi connectivity index (χ4v) is 2.69. The topological polar surface area (TPSA) is 47.3 Å². The molecule has 0 heterocycles. The minimum absolute atomic E-state index is 0.328. The van der Waals surface area contributed by atoms with E-state index in [9.17, 15) is 0 Å². The Labute approximate surface area is 105 Å². The molecule has 0 aliphatic heterocycles. The molecule has 0 radical (unpaired) electrons. The maximum atomic E-state index is 6.15. The summed E-state index contributed by atoms with van der Waals surface area (Å²) in [7, 11) is 0. The monoisotopic (exact) mass is 240 g/mol. The fourth-order valence-electron chi connectivity index (χ4n) is 2.69. The van der Waals surface area contributed by atoms with Gasteiger partial charge in [0.25, 0.3) is 0 Å². The van der Waals surface area contributed by atoms with Gasteiger partial charge in [-0.1, -0.05) is 13.3 Å². The van der Waals surface area contributed by atoms with Crippen molar-refractivity contribution >= 4 is 0 Å². The van der Waals surface area contributed by atoms with E-state index in [0.29, 0.717) is 11.5 Å². The van der Waals surface area contributed by atoms with E-state index in [1.807, 2.05) is 0 Å². The standard InChI is InChI=1S/C14H28N2O/c1-14(7-2-4-13(14)15)11-16-8-3-9-17-10-12-5-6-12/h12-13,16H,2-11,15H2,1H3. The van der Waals surface area contributed by atoms with Crippen LogP contribution in [-0.4, -0.2) is 32.3 Å².